The van der Waals surface area contributed by atoms with E-state index in [1.54, 1.807) is 0 Å². The number of rotatable bonds is 5. The summed E-state index contributed by atoms with van der Waals surface area (Å²) in [7, 11) is 0. The van der Waals surface area contributed by atoms with E-state index in [0.717, 1.165) is 0 Å². The van der Waals surface area contributed by atoms with Crippen molar-refractivity contribution in [1.82, 2.24) is 30.7 Å². The Morgan fingerprint density at radius 1 is 1.48 bits per heavy atom. The Hall–Kier alpha value is -2.59. The Kier molecular flexibility index (Phi) is 4.40. The van der Waals surface area contributed by atoms with Crippen molar-refractivity contribution >= 4 is 28.8 Å². The molecule has 2 aromatic heterocycles. The number of aromatic amines is 1. The molecule has 0 radical (unpaired) electrons. The molecule has 0 spiro atoms. The number of anilines is 1. The van der Waals surface area contributed by atoms with Gasteiger partial charge in [0.15, 0.2) is 17.3 Å². The van der Waals surface area contributed by atoms with E-state index in [9.17, 15) is 9.59 Å². The summed E-state index contributed by atoms with van der Waals surface area (Å²) in [5.74, 6) is -1.35. The van der Waals surface area contributed by atoms with Crippen LogP contribution in [0.25, 0.3) is 11.2 Å². The second kappa shape index (κ2) is 6.24. The number of hydrogen-bond acceptors (Lipinski definition) is 8. The minimum atomic E-state index is -0.867. The van der Waals surface area contributed by atoms with Gasteiger partial charge < -0.3 is 15.9 Å². The molecule has 2 aromatic rings. The van der Waals surface area contributed by atoms with E-state index in [-0.39, 0.29) is 17.3 Å². The number of carbonyl (C=O) groups excluding carboxylic acids is 2. The number of H-pyrrole nitrogens is 1. The molecule has 2 amide bonds. The fourth-order valence-electron chi connectivity index (χ4n) is 1.76. The normalized spacial score (nSPS) is 12.3. The standard InChI is InChI=1S/C11H15N7O3/c1-2-3-5(18-21)10(19)17-11(20)9-15-6-7(12)13-4-14-8(6)16-9/h4-5,18,21H,2-3H2,1H3,(H,17,19,20)(H3,12,13,14,15,16). The molecule has 2 heterocycles. The lowest BCUT2D eigenvalue weighted by atomic mass is 10.1. The molecule has 0 aromatic carbocycles. The van der Waals surface area contributed by atoms with E-state index in [1.165, 1.54) is 6.33 Å². The number of imide groups is 1. The van der Waals surface area contributed by atoms with Crippen molar-refractivity contribution in [2.45, 2.75) is 25.8 Å². The third-order valence-electron chi connectivity index (χ3n) is 2.82. The van der Waals surface area contributed by atoms with Crippen LogP contribution < -0.4 is 16.5 Å². The number of nitrogens with two attached hydrogens (primary N) is 1. The van der Waals surface area contributed by atoms with Crippen LogP contribution >= 0.6 is 0 Å². The molecule has 2 rings (SSSR count). The molecule has 21 heavy (non-hydrogen) atoms. The fourth-order valence-corrected chi connectivity index (χ4v) is 1.76. The van der Waals surface area contributed by atoms with Crippen molar-refractivity contribution in [3.63, 3.8) is 0 Å². The van der Waals surface area contributed by atoms with Crippen LogP contribution in [0.5, 0.6) is 0 Å². The minimum Gasteiger partial charge on any atom is -0.382 e. The van der Waals surface area contributed by atoms with Gasteiger partial charge in [0.25, 0.3) is 5.91 Å². The molecule has 0 saturated carbocycles. The molecule has 0 aliphatic heterocycles. The Morgan fingerprint density at radius 3 is 2.86 bits per heavy atom. The van der Waals surface area contributed by atoms with Crippen LogP contribution in [-0.2, 0) is 4.79 Å². The summed E-state index contributed by atoms with van der Waals surface area (Å²) in [6, 6.07) is -0.867. The summed E-state index contributed by atoms with van der Waals surface area (Å²) in [4.78, 5) is 37.9. The van der Waals surface area contributed by atoms with Crippen LogP contribution in [0.3, 0.4) is 0 Å². The lowest BCUT2D eigenvalue weighted by Gasteiger charge is -2.12. The van der Waals surface area contributed by atoms with Crippen molar-refractivity contribution < 1.29 is 14.8 Å². The Bertz CT molecular complexity index is 669. The van der Waals surface area contributed by atoms with Gasteiger partial charge in [-0.15, -0.1) is 0 Å². The van der Waals surface area contributed by atoms with Crippen LogP contribution in [0.1, 0.15) is 30.4 Å². The first-order valence-electron chi connectivity index (χ1n) is 6.27. The maximum Gasteiger partial charge on any atom is 0.293 e. The van der Waals surface area contributed by atoms with Crippen LogP contribution in [0.15, 0.2) is 6.33 Å². The summed E-state index contributed by atoms with van der Waals surface area (Å²) < 4.78 is 0. The van der Waals surface area contributed by atoms with Gasteiger partial charge in [0.05, 0.1) is 0 Å². The van der Waals surface area contributed by atoms with Gasteiger partial charge in [-0.25, -0.2) is 15.0 Å². The predicted octanol–water partition coefficient (Wildman–Crippen LogP) is -0.661. The zero-order valence-electron chi connectivity index (χ0n) is 11.3. The molecule has 10 heteroatoms. The number of hydrogen-bond donors (Lipinski definition) is 5. The van der Waals surface area contributed by atoms with E-state index in [2.05, 4.69) is 25.3 Å². The van der Waals surface area contributed by atoms with Gasteiger partial charge in [0.2, 0.25) is 5.91 Å². The summed E-state index contributed by atoms with van der Waals surface area (Å²) in [5, 5.41) is 11.0. The largest absolute Gasteiger partial charge is 0.382 e. The third-order valence-corrected chi connectivity index (χ3v) is 2.82. The van der Waals surface area contributed by atoms with E-state index in [4.69, 9.17) is 10.9 Å². The highest BCUT2D eigenvalue weighted by atomic mass is 16.5. The van der Waals surface area contributed by atoms with Gasteiger partial charge in [0, 0.05) is 0 Å². The highest BCUT2D eigenvalue weighted by molar-refractivity contribution is 6.05. The number of amides is 2. The Morgan fingerprint density at radius 2 is 2.24 bits per heavy atom. The first kappa shape index (κ1) is 14.8. The highest BCUT2D eigenvalue weighted by Gasteiger charge is 2.21. The molecule has 0 bridgehead atoms. The molecule has 6 N–H and O–H groups in total. The molecule has 112 valence electrons. The van der Waals surface area contributed by atoms with Gasteiger partial charge in [-0.2, -0.15) is 5.48 Å². The lowest BCUT2D eigenvalue weighted by Crippen LogP contribution is -2.45. The van der Waals surface area contributed by atoms with Crippen LogP contribution in [-0.4, -0.2) is 43.0 Å². The Labute approximate surface area is 119 Å². The Balaban J connectivity index is 2.15. The third kappa shape index (κ3) is 3.12. The van der Waals surface area contributed by atoms with Crippen LogP contribution in [0.2, 0.25) is 0 Å². The van der Waals surface area contributed by atoms with Crippen molar-refractivity contribution in [2.75, 3.05) is 5.73 Å². The highest BCUT2D eigenvalue weighted by Crippen LogP contribution is 2.13. The zero-order valence-corrected chi connectivity index (χ0v) is 11.3. The second-order valence-corrected chi connectivity index (χ2v) is 4.33. The number of aromatic nitrogens is 4. The molecule has 0 fully saturated rings. The van der Waals surface area contributed by atoms with E-state index in [1.807, 2.05) is 12.4 Å². The second-order valence-electron chi connectivity index (χ2n) is 4.33. The first-order chi connectivity index (χ1) is 10.1. The average Bonchev–Trinajstić information content (AvgIpc) is 2.90. The summed E-state index contributed by atoms with van der Waals surface area (Å²) in [5.41, 5.74) is 8.02. The number of nitrogen functional groups attached to an aromatic ring is 1. The lowest BCUT2D eigenvalue weighted by molar-refractivity contribution is -0.124. The average molecular weight is 293 g/mol. The molecular weight excluding hydrogens is 278 g/mol. The zero-order chi connectivity index (χ0) is 15.4. The van der Waals surface area contributed by atoms with E-state index < -0.39 is 17.9 Å². The van der Waals surface area contributed by atoms with Crippen molar-refractivity contribution in [1.29, 1.82) is 0 Å². The van der Waals surface area contributed by atoms with Gasteiger partial charge >= 0.3 is 0 Å². The topological polar surface area (TPSA) is 159 Å². The van der Waals surface area contributed by atoms with Crippen LogP contribution in [0, 0.1) is 0 Å². The number of fused-ring (bicyclic) bond motifs is 1. The number of nitrogens with zero attached hydrogens (tertiary/aromatic N) is 3. The summed E-state index contributed by atoms with van der Waals surface area (Å²) in [6.45, 7) is 1.85. The predicted molar refractivity (Wildman–Crippen MR) is 72.2 cm³/mol. The molecule has 1 atom stereocenters. The fraction of sp³-hybridized carbons (Fsp3) is 0.364. The van der Waals surface area contributed by atoms with Gasteiger partial charge in [-0.3, -0.25) is 14.9 Å². The van der Waals surface area contributed by atoms with Crippen molar-refractivity contribution in [3.8, 4) is 0 Å². The number of imidazole rings is 1. The maximum atomic E-state index is 11.9. The maximum absolute atomic E-state index is 11.9. The van der Waals surface area contributed by atoms with E-state index in [0.29, 0.717) is 18.4 Å². The smallest absolute Gasteiger partial charge is 0.293 e. The van der Waals surface area contributed by atoms with E-state index >= 15 is 0 Å². The molecular formula is C11H15N7O3. The quantitative estimate of drug-likeness (QED) is 0.454. The molecule has 0 aliphatic rings. The summed E-state index contributed by atoms with van der Waals surface area (Å²) >= 11 is 0. The number of nitrogens with one attached hydrogen (secondary N) is 3. The molecule has 10 nitrogen and oxygen atoms in total. The van der Waals surface area contributed by atoms with Gasteiger partial charge in [-0.1, -0.05) is 13.3 Å². The summed E-state index contributed by atoms with van der Waals surface area (Å²) in [6.07, 6.45) is 2.27. The number of hydroxylamine groups is 1. The monoisotopic (exact) mass is 293 g/mol. The first-order valence-corrected chi connectivity index (χ1v) is 6.27. The van der Waals surface area contributed by atoms with Gasteiger partial charge in [0.1, 0.15) is 17.9 Å². The number of carbonyl (C=O) groups is 2. The molecule has 0 saturated heterocycles. The molecule has 1 unspecified atom stereocenters. The minimum absolute atomic E-state index is 0.112. The molecule has 0 aliphatic carbocycles. The SMILES string of the molecule is CCCC(NO)C(=O)NC(=O)c1nc2ncnc(N)c2[nH]1. The van der Waals surface area contributed by atoms with Gasteiger partial charge in [-0.05, 0) is 6.42 Å². The van der Waals surface area contributed by atoms with Crippen LogP contribution in [0.4, 0.5) is 5.82 Å². The van der Waals surface area contributed by atoms with Crippen molar-refractivity contribution in [3.05, 3.63) is 12.2 Å². The van der Waals surface area contributed by atoms with Crippen molar-refractivity contribution in [2.24, 2.45) is 0 Å².